The molecule has 2 N–H and O–H groups in total. The van der Waals surface area contributed by atoms with Crippen molar-refractivity contribution in [2.45, 2.75) is 51.7 Å². The molecule has 1 aromatic carbocycles. The van der Waals surface area contributed by atoms with Crippen LogP contribution in [0.25, 0.3) is 0 Å². The molecule has 1 atom stereocenters. The molecule has 22 heavy (non-hydrogen) atoms. The summed E-state index contributed by atoms with van der Waals surface area (Å²) in [6.07, 6.45) is -0.697. The quantitative estimate of drug-likeness (QED) is 0.932. The number of benzene rings is 1. The van der Waals surface area contributed by atoms with Crippen molar-refractivity contribution < 1.29 is 14.3 Å². The zero-order valence-corrected chi connectivity index (χ0v) is 14.2. The van der Waals surface area contributed by atoms with Crippen molar-refractivity contribution in [1.29, 1.82) is 0 Å². The highest BCUT2D eigenvalue weighted by Crippen LogP contribution is 2.27. The van der Waals surface area contributed by atoms with Crippen LogP contribution in [0, 0.1) is 0 Å². The van der Waals surface area contributed by atoms with Gasteiger partial charge in [-0.15, -0.1) is 0 Å². The Labute approximate surface area is 132 Å². The molecule has 0 radical (unpaired) electrons. The van der Waals surface area contributed by atoms with Crippen LogP contribution < -0.4 is 5.73 Å². The van der Waals surface area contributed by atoms with E-state index < -0.39 is 29.1 Å². The Morgan fingerprint density at radius 3 is 2.05 bits per heavy atom. The van der Waals surface area contributed by atoms with E-state index in [0.29, 0.717) is 0 Å². The Kier molecular flexibility index (Phi) is 5.35. The average molecular weight is 306 g/mol. The van der Waals surface area contributed by atoms with Crippen LogP contribution >= 0.6 is 0 Å². The normalized spacial score (nSPS) is 13.4. The molecule has 0 bridgehead atoms. The number of rotatable bonds is 3. The summed E-state index contributed by atoms with van der Waals surface area (Å²) >= 11 is 0. The third-order valence-corrected chi connectivity index (χ3v) is 3.56. The topological polar surface area (TPSA) is 72.6 Å². The monoisotopic (exact) mass is 306 g/mol. The van der Waals surface area contributed by atoms with Crippen LogP contribution in [0.2, 0.25) is 0 Å². The maximum Gasteiger partial charge on any atom is 0.416 e. The highest BCUT2D eigenvalue weighted by molar-refractivity contribution is 5.95. The predicted octanol–water partition coefficient (Wildman–Crippen LogP) is 2.69. The summed E-state index contributed by atoms with van der Waals surface area (Å²) in [7, 11) is 1.39. The van der Waals surface area contributed by atoms with Crippen LogP contribution in [0.4, 0.5) is 4.79 Å². The van der Waals surface area contributed by atoms with Gasteiger partial charge in [0.25, 0.3) is 0 Å². The summed E-state index contributed by atoms with van der Waals surface area (Å²) in [4.78, 5) is 25.4. The Morgan fingerprint density at radius 2 is 1.59 bits per heavy atom. The highest BCUT2D eigenvalue weighted by atomic mass is 16.6. The molecule has 1 unspecified atom stereocenters. The zero-order chi connectivity index (χ0) is 17.1. The maximum absolute atomic E-state index is 12.5. The third kappa shape index (κ3) is 4.31. The van der Waals surface area contributed by atoms with Crippen molar-refractivity contribution >= 4 is 12.0 Å². The summed E-state index contributed by atoms with van der Waals surface area (Å²) in [5.41, 5.74) is 5.80. The van der Waals surface area contributed by atoms with Crippen LogP contribution in [-0.2, 0) is 14.9 Å². The van der Waals surface area contributed by atoms with Crippen molar-refractivity contribution in [3.05, 3.63) is 35.9 Å². The molecule has 2 amide bonds. The number of hydrogen-bond acceptors (Lipinski definition) is 4. The molecule has 1 rings (SSSR count). The van der Waals surface area contributed by atoms with E-state index in [1.165, 1.54) is 7.05 Å². The number of amides is 2. The fraction of sp³-hybridized carbons (Fsp3) is 0.529. The lowest BCUT2D eigenvalue weighted by molar-refractivity contribution is -0.131. The van der Waals surface area contributed by atoms with Gasteiger partial charge < -0.3 is 10.5 Å². The summed E-state index contributed by atoms with van der Waals surface area (Å²) in [6, 6.07) is 8.67. The smallest absolute Gasteiger partial charge is 0.416 e. The molecule has 0 aliphatic heterocycles. The summed E-state index contributed by atoms with van der Waals surface area (Å²) in [6.45, 7) is 9.01. The second-order valence-electron chi connectivity index (χ2n) is 6.94. The van der Waals surface area contributed by atoms with Gasteiger partial charge in [-0.05, 0) is 26.3 Å². The largest absolute Gasteiger partial charge is 0.443 e. The van der Waals surface area contributed by atoms with Crippen molar-refractivity contribution in [1.82, 2.24) is 4.90 Å². The summed E-state index contributed by atoms with van der Waals surface area (Å²) < 4.78 is 5.20. The minimum Gasteiger partial charge on any atom is -0.443 e. The van der Waals surface area contributed by atoms with Gasteiger partial charge in [-0.1, -0.05) is 44.2 Å². The van der Waals surface area contributed by atoms with E-state index in [0.717, 1.165) is 10.5 Å². The fourth-order valence-electron chi connectivity index (χ4n) is 1.98. The first-order valence-electron chi connectivity index (χ1n) is 7.28. The Bertz CT molecular complexity index is 533. The first kappa shape index (κ1) is 18.2. The maximum atomic E-state index is 12.5. The van der Waals surface area contributed by atoms with E-state index in [9.17, 15) is 9.59 Å². The van der Waals surface area contributed by atoms with Gasteiger partial charge >= 0.3 is 6.09 Å². The molecular formula is C17H26N2O3. The number of likely N-dealkylation sites (N-methyl/N-ethyl adjacent to an activating group) is 1. The Balaban J connectivity index is 2.90. The molecule has 0 saturated carbocycles. The zero-order valence-electron chi connectivity index (χ0n) is 14.2. The number of nitrogens with two attached hydrogens (primary N) is 1. The molecule has 0 heterocycles. The number of hydrogen-bond donors (Lipinski definition) is 1. The van der Waals surface area contributed by atoms with E-state index in [1.54, 1.807) is 20.8 Å². The third-order valence-electron chi connectivity index (χ3n) is 3.56. The molecule has 0 saturated heterocycles. The molecule has 122 valence electrons. The number of carbonyl (C=O) groups excluding carboxylic acids is 2. The van der Waals surface area contributed by atoms with Gasteiger partial charge in [0.1, 0.15) is 5.60 Å². The van der Waals surface area contributed by atoms with Gasteiger partial charge in [-0.2, -0.15) is 0 Å². The summed E-state index contributed by atoms with van der Waals surface area (Å²) in [5.74, 6) is -0.469. The SMILES string of the molecule is CN(C(=O)OC(C)(C)C)C(=O)C(N)C(C)(C)c1ccccc1. The molecule has 5 heteroatoms. The number of carbonyl (C=O) groups is 2. The van der Waals surface area contributed by atoms with E-state index in [-0.39, 0.29) is 0 Å². The number of imide groups is 1. The molecule has 0 fully saturated rings. The van der Waals surface area contributed by atoms with Crippen molar-refractivity contribution in [2.24, 2.45) is 5.73 Å². The second kappa shape index (κ2) is 6.48. The molecule has 5 nitrogen and oxygen atoms in total. The lowest BCUT2D eigenvalue weighted by Gasteiger charge is -2.33. The number of nitrogens with zero attached hydrogens (tertiary/aromatic N) is 1. The van der Waals surface area contributed by atoms with Gasteiger partial charge in [0.05, 0.1) is 6.04 Å². The van der Waals surface area contributed by atoms with E-state index in [2.05, 4.69) is 0 Å². The van der Waals surface area contributed by atoms with Crippen molar-refractivity contribution in [2.75, 3.05) is 7.05 Å². The molecule has 0 aromatic heterocycles. The standard InChI is InChI=1S/C17H26N2O3/c1-16(2,3)22-15(21)19(6)14(20)13(18)17(4,5)12-10-8-7-9-11-12/h7-11,13H,18H2,1-6H3. The predicted molar refractivity (Wildman–Crippen MR) is 86.4 cm³/mol. The van der Waals surface area contributed by atoms with E-state index in [1.807, 2.05) is 44.2 Å². The first-order valence-corrected chi connectivity index (χ1v) is 7.28. The van der Waals surface area contributed by atoms with Gasteiger partial charge in [0.2, 0.25) is 5.91 Å². The molecule has 1 aromatic rings. The first-order chi connectivity index (χ1) is 9.97. The van der Waals surface area contributed by atoms with Crippen molar-refractivity contribution in [3.8, 4) is 0 Å². The van der Waals surface area contributed by atoms with Crippen molar-refractivity contribution in [3.63, 3.8) is 0 Å². The second-order valence-corrected chi connectivity index (χ2v) is 6.94. The number of ether oxygens (including phenoxy) is 1. The fourth-order valence-corrected chi connectivity index (χ4v) is 1.98. The van der Waals surface area contributed by atoms with Crippen LogP contribution in [0.5, 0.6) is 0 Å². The van der Waals surface area contributed by atoms with Crippen LogP contribution in [0.1, 0.15) is 40.2 Å². The minimum atomic E-state index is -0.854. The van der Waals surface area contributed by atoms with Crippen LogP contribution in [0.15, 0.2) is 30.3 Å². The Hall–Kier alpha value is -1.88. The van der Waals surface area contributed by atoms with Gasteiger partial charge in [-0.25, -0.2) is 9.69 Å². The van der Waals surface area contributed by atoms with Gasteiger partial charge in [-0.3, -0.25) is 4.79 Å². The lowest BCUT2D eigenvalue weighted by Crippen LogP contribution is -2.54. The van der Waals surface area contributed by atoms with E-state index >= 15 is 0 Å². The highest BCUT2D eigenvalue weighted by Gasteiger charge is 2.37. The Morgan fingerprint density at radius 1 is 1.09 bits per heavy atom. The average Bonchev–Trinajstić information content (AvgIpc) is 2.44. The minimum absolute atomic E-state index is 0.469. The molecule has 0 spiro atoms. The molecule has 0 aliphatic carbocycles. The molecule has 0 aliphatic rings. The van der Waals surface area contributed by atoms with E-state index in [4.69, 9.17) is 10.5 Å². The van der Waals surface area contributed by atoms with Gasteiger partial charge in [0.15, 0.2) is 0 Å². The molecular weight excluding hydrogens is 280 g/mol. The van der Waals surface area contributed by atoms with Crippen LogP contribution in [0.3, 0.4) is 0 Å². The van der Waals surface area contributed by atoms with Crippen LogP contribution in [-0.4, -0.2) is 35.6 Å². The summed E-state index contributed by atoms with van der Waals surface area (Å²) in [5, 5.41) is 0. The lowest BCUT2D eigenvalue weighted by atomic mass is 9.77. The van der Waals surface area contributed by atoms with Gasteiger partial charge in [0, 0.05) is 12.5 Å².